The number of hydrazine groups is 1. The van der Waals surface area contributed by atoms with E-state index in [-0.39, 0.29) is 17.3 Å². The second-order valence-corrected chi connectivity index (χ2v) is 6.20. The van der Waals surface area contributed by atoms with E-state index in [1.54, 1.807) is 6.07 Å². The molecule has 0 spiro atoms. The summed E-state index contributed by atoms with van der Waals surface area (Å²) >= 11 is 0. The lowest BCUT2D eigenvalue weighted by atomic mass is 9.89. The van der Waals surface area contributed by atoms with Crippen LogP contribution in [-0.4, -0.2) is 40.6 Å². The maximum absolute atomic E-state index is 12.1. The number of nitrogens with one attached hydrogen (secondary N) is 3. The number of hydrogen-bond donors (Lipinski definition) is 4. The highest BCUT2D eigenvalue weighted by atomic mass is 16.5. The number of fused-ring (bicyclic) bond motifs is 1. The van der Waals surface area contributed by atoms with Gasteiger partial charge in [0.1, 0.15) is 23.6 Å². The molecule has 5 N–H and O–H groups in total. The van der Waals surface area contributed by atoms with E-state index in [1.807, 2.05) is 24.3 Å². The standard InChI is InChI=1S/C18H17N7O2/c1-27-18(26)15-11(8-21-25-15)9-6-14(22-16(20)10(9)7-19)17-23-12-4-2-3-5-13(12)24-17/h2-6,11,15,21,25H,8H2,1H3,(H2,20,22)(H,23,24). The van der Waals surface area contributed by atoms with Crippen LogP contribution in [0.1, 0.15) is 17.0 Å². The van der Waals surface area contributed by atoms with Gasteiger partial charge in [0, 0.05) is 12.5 Å². The van der Waals surface area contributed by atoms with Crippen LogP contribution in [0.3, 0.4) is 0 Å². The number of pyridine rings is 1. The SMILES string of the molecule is COC(=O)C1NNCC1c1cc(-c2nc3ccccc3[nH]2)nc(N)c1C#N. The number of para-hydroxylation sites is 2. The minimum absolute atomic E-state index is 0.0981. The van der Waals surface area contributed by atoms with Crippen LogP contribution < -0.4 is 16.6 Å². The average molecular weight is 363 g/mol. The average Bonchev–Trinajstić information content (AvgIpc) is 3.33. The number of H-pyrrole nitrogens is 1. The molecule has 0 aliphatic carbocycles. The smallest absolute Gasteiger partial charge is 0.324 e. The zero-order valence-corrected chi connectivity index (χ0v) is 14.5. The number of nitriles is 1. The van der Waals surface area contributed by atoms with E-state index in [2.05, 4.69) is 31.9 Å². The van der Waals surface area contributed by atoms with Crippen LogP contribution in [0.5, 0.6) is 0 Å². The normalized spacial score (nSPS) is 19.1. The van der Waals surface area contributed by atoms with Gasteiger partial charge in [0.2, 0.25) is 0 Å². The molecule has 0 bridgehead atoms. The van der Waals surface area contributed by atoms with Crippen LogP contribution in [0.4, 0.5) is 5.82 Å². The van der Waals surface area contributed by atoms with Crippen molar-refractivity contribution in [3.05, 3.63) is 41.5 Å². The monoisotopic (exact) mass is 363 g/mol. The summed E-state index contributed by atoms with van der Waals surface area (Å²) < 4.78 is 4.85. The first-order chi connectivity index (χ1) is 13.1. The van der Waals surface area contributed by atoms with Crippen molar-refractivity contribution in [3.8, 4) is 17.6 Å². The molecule has 3 aromatic rings. The summed E-state index contributed by atoms with van der Waals surface area (Å²) in [5, 5.41) is 9.57. The van der Waals surface area contributed by atoms with Crippen LogP contribution in [0, 0.1) is 11.3 Å². The van der Waals surface area contributed by atoms with Crippen molar-refractivity contribution in [2.24, 2.45) is 0 Å². The van der Waals surface area contributed by atoms with Gasteiger partial charge in [0.25, 0.3) is 0 Å². The predicted molar refractivity (Wildman–Crippen MR) is 98.1 cm³/mol. The molecule has 2 aromatic heterocycles. The molecule has 1 aliphatic rings. The molecule has 1 saturated heterocycles. The van der Waals surface area contributed by atoms with E-state index in [9.17, 15) is 10.1 Å². The largest absolute Gasteiger partial charge is 0.468 e. The molecule has 1 aliphatic heterocycles. The van der Waals surface area contributed by atoms with Crippen LogP contribution in [0.25, 0.3) is 22.6 Å². The highest BCUT2D eigenvalue weighted by Crippen LogP contribution is 2.31. The summed E-state index contributed by atoms with van der Waals surface area (Å²) in [7, 11) is 1.32. The molecular weight excluding hydrogens is 346 g/mol. The molecule has 0 saturated carbocycles. The van der Waals surface area contributed by atoms with Crippen molar-refractivity contribution in [1.82, 2.24) is 25.8 Å². The van der Waals surface area contributed by atoms with Crippen molar-refractivity contribution >= 4 is 22.8 Å². The minimum Gasteiger partial charge on any atom is -0.468 e. The number of hydrogen-bond acceptors (Lipinski definition) is 8. The Bertz CT molecular complexity index is 1040. The molecule has 0 radical (unpaired) electrons. The zero-order valence-electron chi connectivity index (χ0n) is 14.5. The number of ether oxygens (including phenoxy) is 1. The molecule has 3 heterocycles. The lowest BCUT2D eigenvalue weighted by molar-refractivity contribution is -0.143. The van der Waals surface area contributed by atoms with Crippen LogP contribution in [-0.2, 0) is 9.53 Å². The first kappa shape index (κ1) is 17.0. The minimum atomic E-state index is -0.632. The molecule has 4 rings (SSSR count). The molecule has 9 nitrogen and oxygen atoms in total. The molecule has 9 heteroatoms. The van der Waals surface area contributed by atoms with Gasteiger partial charge in [-0.05, 0) is 23.8 Å². The number of nitrogens with zero attached hydrogens (tertiary/aromatic N) is 3. The Labute approximate surface area is 154 Å². The zero-order chi connectivity index (χ0) is 19.0. The Balaban J connectivity index is 1.84. The Morgan fingerprint density at radius 1 is 1.37 bits per heavy atom. The number of methoxy groups -OCH3 is 1. The van der Waals surface area contributed by atoms with Gasteiger partial charge in [0.05, 0.1) is 23.7 Å². The van der Waals surface area contributed by atoms with Crippen LogP contribution in [0.15, 0.2) is 30.3 Å². The summed E-state index contributed by atoms with van der Waals surface area (Å²) in [6, 6.07) is 10.8. The number of nitrogen functional groups attached to an aromatic ring is 1. The second-order valence-electron chi connectivity index (χ2n) is 6.20. The van der Waals surface area contributed by atoms with Crippen LogP contribution >= 0.6 is 0 Å². The van der Waals surface area contributed by atoms with Crippen molar-refractivity contribution < 1.29 is 9.53 Å². The van der Waals surface area contributed by atoms with Gasteiger partial charge in [-0.3, -0.25) is 10.2 Å². The molecular formula is C18H17N7O2. The fraction of sp³-hybridized carbons (Fsp3) is 0.222. The molecule has 1 fully saturated rings. The van der Waals surface area contributed by atoms with E-state index < -0.39 is 12.0 Å². The Morgan fingerprint density at radius 3 is 2.93 bits per heavy atom. The van der Waals surface area contributed by atoms with E-state index >= 15 is 0 Å². The topological polar surface area (TPSA) is 142 Å². The highest BCUT2D eigenvalue weighted by molar-refractivity contribution is 5.80. The lowest BCUT2D eigenvalue weighted by Gasteiger charge is -2.18. The molecule has 1 aromatic carbocycles. The van der Waals surface area contributed by atoms with Gasteiger partial charge < -0.3 is 15.5 Å². The maximum Gasteiger partial charge on any atom is 0.324 e. The number of carbonyl (C=O) groups is 1. The van der Waals surface area contributed by atoms with Gasteiger partial charge in [-0.15, -0.1) is 0 Å². The number of aromatic nitrogens is 3. The van der Waals surface area contributed by atoms with Crippen LogP contribution in [0.2, 0.25) is 0 Å². The third-order valence-corrected chi connectivity index (χ3v) is 4.66. The summed E-state index contributed by atoms with van der Waals surface area (Å²) in [5.41, 5.74) is 14.9. The van der Waals surface area contributed by atoms with Gasteiger partial charge in [-0.1, -0.05) is 12.1 Å². The van der Waals surface area contributed by atoms with E-state index in [4.69, 9.17) is 10.5 Å². The number of esters is 1. The second kappa shape index (κ2) is 6.68. The quantitative estimate of drug-likeness (QED) is 0.501. The lowest BCUT2D eigenvalue weighted by Crippen LogP contribution is -2.39. The Morgan fingerprint density at radius 2 is 2.19 bits per heavy atom. The Hall–Kier alpha value is -3.48. The summed E-state index contributed by atoms with van der Waals surface area (Å²) in [6.07, 6.45) is 0. The van der Waals surface area contributed by atoms with E-state index in [0.29, 0.717) is 23.6 Å². The van der Waals surface area contributed by atoms with Gasteiger partial charge >= 0.3 is 5.97 Å². The van der Waals surface area contributed by atoms with E-state index in [0.717, 1.165) is 11.0 Å². The van der Waals surface area contributed by atoms with Gasteiger partial charge in [-0.25, -0.2) is 15.4 Å². The number of carbonyl (C=O) groups excluding carboxylic acids is 1. The summed E-state index contributed by atoms with van der Waals surface area (Å²) in [5.74, 6) is -0.113. The molecule has 136 valence electrons. The van der Waals surface area contributed by atoms with Crippen molar-refractivity contribution in [3.63, 3.8) is 0 Å². The predicted octanol–water partition coefficient (Wildman–Crippen LogP) is 0.812. The van der Waals surface area contributed by atoms with Crippen molar-refractivity contribution in [1.29, 1.82) is 5.26 Å². The first-order valence-electron chi connectivity index (χ1n) is 8.34. The van der Waals surface area contributed by atoms with Gasteiger partial charge in [-0.2, -0.15) is 5.26 Å². The number of imidazole rings is 1. The molecule has 0 amide bonds. The Kier molecular flexibility index (Phi) is 4.19. The van der Waals surface area contributed by atoms with Crippen molar-refractivity contribution in [2.75, 3.05) is 19.4 Å². The number of rotatable bonds is 3. The number of aromatic amines is 1. The first-order valence-corrected chi connectivity index (χ1v) is 8.34. The number of nitrogens with two attached hydrogens (primary N) is 1. The summed E-state index contributed by atoms with van der Waals surface area (Å²) in [4.78, 5) is 24.2. The third kappa shape index (κ3) is 2.87. The van der Waals surface area contributed by atoms with Crippen molar-refractivity contribution in [2.45, 2.75) is 12.0 Å². The molecule has 27 heavy (non-hydrogen) atoms. The molecule has 2 unspecified atom stereocenters. The fourth-order valence-corrected chi connectivity index (χ4v) is 3.33. The highest BCUT2D eigenvalue weighted by Gasteiger charge is 2.37. The fourth-order valence-electron chi connectivity index (χ4n) is 3.33. The van der Waals surface area contributed by atoms with E-state index in [1.165, 1.54) is 7.11 Å². The maximum atomic E-state index is 12.1. The molecule has 2 atom stereocenters. The summed E-state index contributed by atoms with van der Waals surface area (Å²) in [6.45, 7) is 0.442. The number of anilines is 1. The van der Waals surface area contributed by atoms with Gasteiger partial charge in [0.15, 0.2) is 5.82 Å². The number of benzene rings is 1. The third-order valence-electron chi connectivity index (χ3n) is 4.66.